The maximum atomic E-state index is 11.8. The molecule has 1 aliphatic rings. The van der Waals surface area contributed by atoms with Crippen molar-refractivity contribution in [1.82, 2.24) is 5.32 Å². The summed E-state index contributed by atoms with van der Waals surface area (Å²) in [6.45, 7) is 10.5. The molecule has 1 atom stereocenters. The number of nitrogens with one attached hydrogen (secondary N) is 1. The molecule has 116 valence electrons. The van der Waals surface area contributed by atoms with Crippen molar-refractivity contribution in [3.05, 3.63) is 29.8 Å². The maximum absolute atomic E-state index is 11.8. The fraction of sp³-hybridized carbons (Fsp3) is 0.611. The number of anilines is 1. The Morgan fingerprint density at radius 3 is 2.24 bits per heavy atom. The predicted molar refractivity (Wildman–Crippen MR) is 88.4 cm³/mol. The minimum Gasteiger partial charge on any atom is -0.372 e. The van der Waals surface area contributed by atoms with Gasteiger partial charge in [0.2, 0.25) is 5.91 Å². The summed E-state index contributed by atoms with van der Waals surface area (Å²) in [5, 5.41) is 3.05. The summed E-state index contributed by atoms with van der Waals surface area (Å²) in [4.78, 5) is 14.2. The highest BCUT2D eigenvalue weighted by atomic mass is 16.1. The van der Waals surface area contributed by atoms with Gasteiger partial charge in [-0.2, -0.15) is 0 Å². The third-order valence-corrected chi connectivity index (χ3v) is 4.43. The molecule has 1 unspecified atom stereocenters. The lowest BCUT2D eigenvalue weighted by molar-refractivity contribution is -0.124. The molecule has 0 bridgehead atoms. The highest BCUT2D eigenvalue weighted by molar-refractivity contribution is 5.78. The quantitative estimate of drug-likeness (QED) is 0.915. The Morgan fingerprint density at radius 1 is 1.14 bits per heavy atom. The van der Waals surface area contributed by atoms with Crippen LogP contribution >= 0.6 is 0 Å². The monoisotopic (exact) mass is 288 g/mol. The summed E-state index contributed by atoms with van der Waals surface area (Å²) in [6, 6.07) is 8.71. The molecular weight excluding hydrogens is 260 g/mol. The van der Waals surface area contributed by atoms with Gasteiger partial charge in [-0.1, -0.05) is 32.9 Å². The van der Waals surface area contributed by atoms with E-state index in [1.54, 1.807) is 0 Å². The molecule has 1 saturated heterocycles. The van der Waals surface area contributed by atoms with E-state index in [2.05, 4.69) is 41.4 Å². The molecule has 1 fully saturated rings. The molecule has 3 nitrogen and oxygen atoms in total. The van der Waals surface area contributed by atoms with Gasteiger partial charge in [0, 0.05) is 24.7 Å². The first-order valence-corrected chi connectivity index (χ1v) is 8.12. The summed E-state index contributed by atoms with van der Waals surface area (Å²) >= 11 is 0. The Morgan fingerprint density at radius 2 is 1.71 bits per heavy atom. The van der Waals surface area contributed by atoms with E-state index < -0.39 is 0 Å². The normalized spacial score (nSPS) is 17.9. The van der Waals surface area contributed by atoms with Crippen LogP contribution in [0.1, 0.15) is 52.1 Å². The minimum atomic E-state index is 0.0297. The fourth-order valence-electron chi connectivity index (χ4n) is 2.70. The van der Waals surface area contributed by atoms with Gasteiger partial charge >= 0.3 is 0 Å². The van der Waals surface area contributed by atoms with Crippen molar-refractivity contribution >= 4 is 11.6 Å². The highest BCUT2D eigenvalue weighted by Gasteiger charge is 2.17. The largest absolute Gasteiger partial charge is 0.372 e. The minimum absolute atomic E-state index is 0.0297. The van der Waals surface area contributed by atoms with Crippen molar-refractivity contribution in [1.29, 1.82) is 0 Å². The van der Waals surface area contributed by atoms with E-state index in [4.69, 9.17) is 0 Å². The van der Waals surface area contributed by atoms with Gasteiger partial charge < -0.3 is 10.2 Å². The van der Waals surface area contributed by atoms with Crippen molar-refractivity contribution < 1.29 is 4.79 Å². The fourth-order valence-corrected chi connectivity index (χ4v) is 2.70. The van der Waals surface area contributed by atoms with Crippen LogP contribution in [0.5, 0.6) is 0 Å². The third kappa shape index (κ3) is 4.23. The van der Waals surface area contributed by atoms with Gasteiger partial charge in [-0.3, -0.25) is 4.79 Å². The molecule has 0 radical (unpaired) electrons. The average molecular weight is 288 g/mol. The number of hydrogen-bond donors (Lipinski definition) is 1. The Balaban J connectivity index is 1.97. The lowest BCUT2D eigenvalue weighted by atomic mass is 9.98. The molecule has 1 amide bonds. The average Bonchev–Trinajstić information content (AvgIpc) is 2.48. The Labute approximate surface area is 128 Å². The summed E-state index contributed by atoms with van der Waals surface area (Å²) in [5.74, 6) is 0.991. The smallest absolute Gasteiger partial charge is 0.223 e. The van der Waals surface area contributed by atoms with Crippen molar-refractivity contribution in [3.63, 3.8) is 0 Å². The van der Waals surface area contributed by atoms with Crippen LogP contribution in [0.3, 0.4) is 0 Å². The number of rotatable bonds is 4. The SMILES string of the molecule is CC1CCN(c2ccc(C(C)NC(=O)C(C)C)cc2)CC1. The molecule has 1 N–H and O–H groups in total. The number of carbonyl (C=O) groups is 1. The zero-order valence-electron chi connectivity index (χ0n) is 13.7. The van der Waals surface area contributed by atoms with Crippen molar-refractivity contribution in [2.24, 2.45) is 11.8 Å². The first kappa shape index (κ1) is 15.9. The summed E-state index contributed by atoms with van der Waals surface area (Å²) in [5.41, 5.74) is 2.46. The lowest BCUT2D eigenvalue weighted by Gasteiger charge is -2.32. The van der Waals surface area contributed by atoms with Gasteiger partial charge in [-0.25, -0.2) is 0 Å². The van der Waals surface area contributed by atoms with E-state index in [1.165, 1.54) is 18.5 Å². The second-order valence-electron chi connectivity index (χ2n) is 6.65. The summed E-state index contributed by atoms with van der Waals surface area (Å²) < 4.78 is 0. The predicted octanol–water partition coefficient (Wildman–Crippen LogP) is 3.76. The topological polar surface area (TPSA) is 32.3 Å². The number of hydrogen-bond acceptors (Lipinski definition) is 2. The summed E-state index contributed by atoms with van der Waals surface area (Å²) in [7, 11) is 0. The molecule has 0 spiro atoms. The Kier molecular flexibility index (Phi) is 5.27. The lowest BCUT2D eigenvalue weighted by Crippen LogP contribution is -2.33. The van der Waals surface area contributed by atoms with Gasteiger partial charge in [0.15, 0.2) is 0 Å². The van der Waals surface area contributed by atoms with Crippen LogP contribution in [-0.4, -0.2) is 19.0 Å². The molecule has 0 saturated carbocycles. The van der Waals surface area contributed by atoms with Gasteiger partial charge in [0.1, 0.15) is 0 Å². The first-order chi connectivity index (χ1) is 9.97. The van der Waals surface area contributed by atoms with Crippen LogP contribution in [0.15, 0.2) is 24.3 Å². The van der Waals surface area contributed by atoms with E-state index in [1.807, 2.05) is 20.8 Å². The van der Waals surface area contributed by atoms with E-state index in [0.717, 1.165) is 24.6 Å². The number of piperidine rings is 1. The number of amides is 1. The zero-order valence-corrected chi connectivity index (χ0v) is 13.7. The number of carbonyl (C=O) groups excluding carboxylic acids is 1. The molecule has 1 aliphatic heterocycles. The number of nitrogens with zero attached hydrogens (tertiary/aromatic N) is 1. The van der Waals surface area contributed by atoms with E-state index in [0.29, 0.717) is 0 Å². The van der Waals surface area contributed by atoms with Gasteiger partial charge in [0.05, 0.1) is 6.04 Å². The Bertz CT molecular complexity index is 459. The maximum Gasteiger partial charge on any atom is 0.223 e. The van der Waals surface area contributed by atoms with E-state index in [9.17, 15) is 4.79 Å². The van der Waals surface area contributed by atoms with Crippen molar-refractivity contribution in [2.45, 2.75) is 46.6 Å². The molecule has 2 rings (SSSR count). The molecule has 3 heteroatoms. The standard InChI is InChI=1S/C18H28N2O/c1-13(2)18(21)19-15(4)16-5-7-17(8-6-16)20-11-9-14(3)10-12-20/h5-8,13-15H,9-12H2,1-4H3,(H,19,21). The van der Waals surface area contributed by atoms with Crippen molar-refractivity contribution in [3.8, 4) is 0 Å². The first-order valence-electron chi connectivity index (χ1n) is 8.12. The van der Waals surface area contributed by atoms with Gasteiger partial charge in [0.25, 0.3) is 0 Å². The molecule has 21 heavy (non-hydrogen) atoms. The molecule has 1 aromatic carbocycles. The Hall–Kier alpha value is -1.51. The third-order valence-electron chi connectivity index (χ3n) is 4.43. The summed E-state index contributed by atoms with van der Waals surface area (Å²) in [6.07, 6.45) is 2.56. The van der Waals surface area contributed by atoms with Crippen LogP contribution < -0.4 is 10.2 Å². The second kappa shape index (κ2) is 6.97. The van der Waals surface area contributed by atoms with E-state index in [-0.39, 0.29) is 17.9 Å². The van der Waals surface area contributed by atoms with Crippen molar-refractivity contribution in [2.75, 3.05) is 18.0 Å². The van der Waals surface area contributed by atoms with Gasteiger partial charge in [-0.05, 0) is 43.4 Å². The molecular formula is C18H28N2O. The molecule has 1 heterocycles. The number of benzene rings is 1. The van der Waals surface area contributed by atoms with Crippen LogP contribution in [0.4, 0.5) is 5.69 Å². The van der Waals surface area contributed by atoms with Crippen LogP contribution in [0.25, 0.3) is 0 Å². The second-order valence-corrected chi connectivity index (χ2v) is 6.65. The van der Waals surface area contributed by atoms with Crippen LogP contribution in [0, 0.1) is 11.8 Å². The van der Waals surface area contributed by atoms with Gasteiger partial charge in [-0.15, -0.1) is 0 Å². The molecule has 0 aromatic heterocycles. The zero-order chi connectivity index (χ0) is 15.4. The highest BCUT2D eigenvalue weighted by Crippen LogP contribution is 2.24. The molecule has 0 aliphatic carbocycles. The van der Waals surface area contributed by atoms with E-state index >= 15 is 0 Å². The van der Waals surface area contributed by atoms with Crippen LogP contribution in [0.2, 0.25) is 0 Å². The van der Waals surface area contributed by atoms with Crippen LogP contribution in [-0.2, 0) is 4.79 Å². The molecule has 1 aromatic rings.